The summed E-state index contributed by atoms with van der Waals surface area (Å²) in [6.45, 7) is 7.92. The van der Waals surface area contributed by atoms with Crippen LogP contribution in [0, 0.1) is 5.92 Å². The Morgan fingerprint density at radius 3 is 2.20 bits per heavy atom. The number of nitrogens with one attached hydrogen (secondary N) is 2. The molecule has 0 aromatic carbocycles. The minimum Gasteiger partial charge on any atom is -0.352 e. The van der Waals surface area contributed by atoms with Gasteiger partial charge < -0.3 is 10.6 Å². The van der Waals surface area contributed by atoms with Crippen molar-refractivity contribution in [2.75, 3.05) is 6.54 Å². The summed E-state index contributed by atoms with van der Waals surface area (Å²) >= 11 is 0. The molecule has 0 spiro atoms. The van der Waals surface area contributed by atoms with E-state index in [9.17, 15) is 9.59 Å². The third-order valence-corrected chi connectivity index (χ3v) is 2.13. The van der Waals surface area contributed by atoms with Gasteiger partial charge in [0.2, 0.25) is 11.8 Å². The summed E-state index contributed by atoms with van der Waals surface area (Å²) in [5, 5.41) is 5.31. The van der Waals surface area contributed by atoms with Crippen molar-refractivity contribution in [3.05, 3.63) is 0 Å². The molecule has 0 heterocycles. The van der Waals surface area contributed by atoms with Crippen LogP contribution in [0.3, 0.4) is 0 Å². The quantitative estimate of drug-likeness (QED) is 0.694. The molecule has 0 aromatic rings. The van der Waals surface area contributed by atoms with Crippen molar-refractivity contribution in [1.29, 1.82) is 0 Å². The predicted molar refractivity (Wildman–Crippen MR) is 60.4 cm³/mol. The van der Waals surface area contributed by atoms with Crippen LogP contribution in [-0.2, 0) is 9.59 Å². The number of carbonyl (C=O) groups is 2. The van der Waals surface area contributed by atoms with Crippen molar-refractivity contribution in [2.24, 2.45) is 5.92 Å². The van der Waals surface area contributed by atoms with Gasteiger partial charge in [0.25, 0.3) is 0 Å². The molecule has 88 valence electrons. The standard InChI is InChI=1S/C11H22N2O2/c1-5-9(4)6-10(14)12-7-11(15)13-8(2)3/h8-9H,5-7H2,1-4H3,(H,12,14)(H,13,15). The molecule has 4 nitrogen and oxygen atoms in total. The minimum absolute atomic E-state index is 0.0525. The van der Waals surface area contributed by atoms with Gasteiger partial charge in [-0.05, 0) is 19.8 Å². The second kappa shape index (κ2) is 7.26. The maximum atomic E-state index is 11.3. The second-order valence-electron chi connectivity index (χ2n) is 4.22. The highest BCUT2D eigenvalue weighted by molar-refractivity contribution is 5.84. The van der Waals surface area contributed by atoms with Crippen LogP contribution in [0.4, 0.5) is 0 Å². The van der Waals surface area contributed by atoms with E-state index >= 15 is 0 Å². The van der Waals surface area contributed by atoms with Gasteiger partial charge in [-0.25, -0.2) is 0 Å². The summed E-state index contributed by atoms with van der Waals surface area (Å²) < 4.78 is 0. The topological polar surface area (TPSA) is 58.2 Å². The van der Waals surface area contributed by atoms with Gasteiger partial charge in [0, 0.05) is 12.5 Å². The van der Waals surface area contributed by atoms with Crippen molar-refractivity contribution in [3.8, 4) is 0 Å². The zero-order valence-corrected chi connectivity index (χ0v) is 10.1. The first-order chi connectivity index (χ1) is 6.95. The molecule has 0 bridgehead atoms. The second-order valence-corrected chi connectivity index (χ2v) is 4.22. The van der Waals surface area contributed by atoms with E-state index in [1.807, 2.05) is 27.7 Å². The third kappa shape index (κ3) is 7.97. The zero-order valence-electron chi connectivity index (χ0n) is 10.1. The van der Waals surface area contributed by atoms with Crippen LogP contribution in [0.5, 0.6) is 0 Å². The zero-order chi connectivity index (χ0) is 11.8. The molecule has 2 N–H and O–H groups in total. The lowest BCUT2D eigenvalue weighted by Gasteiger charge is -2.11. The summed E-state index contributed by atoms with van der Waals surface area (Å²) in [7, 11) is 0. The number of rotatable bonds is 6. The van der Waals surface area contributed by atoms with E-state index in [4.69, 9.17) is 0 Å². The van der Waals surface area contributed by atoms with Gasteiger partial charge in [0.15, 0.2) is 0 Å². The monoisotopic (exact) mass is 214 g/mol. The van der Waals surface area contributed by atoms with E-state index in [0.717, 1.165) is 6.42 Å². The summed E-state index contributed by atoms with van der Waals surface area (Å²) in [5.74, 6) is 0.184. The molecule has 1 atom stereocenters. The molecule has 0 fully saturated rings. The number of hydrogen-bond donors (Lipinski definition) is 2. The Morgan fingerprint density at radius 1 is 1.13 bits per heavy atom. The first-order valence-corrected chi connectivity index (χ1v) is 5.51. The molecule has 0 saturated heterocycles. The van der Waals surface area contributed by atoms with E-state index in [-0.39, 0.29) is 24.4 Å². The number of hydrogen-bond acceptors (Lipinski definition) is 2. The number of amides is 2. The van der Waals surface area contributed by atoms with Gasteiger partial charge in [-0.3, -0.25) is 9.59 Å². The SMILES string of the molecule is CCC(C)CC(=O)NCC(=O)NC(C)C. The maximum Gasteiger partial charge on any atom is 0.239 e. The molecule has 0 aliphatic carbocycles. The molecule has 0 aliphatic heterocycles. The lowest BCUT2D eigenvalue weighted by molar-refractivity contribution is -0.126. The highest BCUT2D eigenvalue weighted by Gasteiger charge is 2.09. The van der Waals surface area contributed by atoms with Crippen molar-refractivity contribution in [3.63, 3.8) is 0 Å². The molecule has 2 amide bonds. The summed E-state index contributed by atoms with van der Waals surface area (Å²) in [5.41, 5.74) is 0. The van der Waals surface area contributed by atoms with Crippen LogP contribution in [0.1, 0.15) is 40.5 Å². The molecule has 0 radical (unpaired) electrons. The molecule has 0 aliphatic rings. The summed E-state index contributed by atoms with van der Waals surface area (Å²) in [4.78, 5) is 22.5. The summed E-state index contributed by atoms with van der Waals surface area (Å²) in [6.07, 6.45) is 1.47. The fourth-order valence-corrected chi connectivity index (χ4v) is 1.08. The average molecular weight is 214 g/mol. The molecule has 0 rings (SSSR count). The Kier molecular flexibility index (Phi) is 6.75. The van der Waals surface area contributed by atoms with Gasteiger partial charge in [-0.2, -0.15) is 0 Å². The van der Waals surface area contributed by atoms with Crippen LogP contribution in [-0.4, -0.2) is 24.4 Å². The van der Waals surface area contributed by atoms with Gasteiger partial charge in [0.1, 0.15) is 0 Å². The highest BCUT2D eigenvalue weighted by atomic mass is 16.2. The van der Waals surface area contributed by atoms with Crippen molar-refractivity contribution in [1.82, 2.24) is 10.6 Å². The summed E-state index contributed by atoms with van der Waals surface area (Å²) in [6, 6.07) is 0.115. The predicted octanol–water partition coefficient (Wildman–Crippen LogP) is 1.06. The van der Waals surface area contributed by atoms with E-state index in [1.54, 1.807) is 0 Å². The molecular weight excluding hydrogens is 192 g/mol. The van der Waals surface area contributed by atoms with E-state index < -0.39 is 0 Å². The van der Waals surface area contributed by atoms with Gasteiger partial charge >= 0.3 is 0 Å². The van der Waals surface area contributed by atoms with Gasteiger partial charge in [0.05, 0.1) is 6.54 Å². The first-order valence-electron chi connectivity index (χ1n) is 5.51. The Bertz CT molecular complexity index is 215. The Balaban J connectivity index is 3.66. The van der Waals surface area contributed by atoms with E-state index in [0.29, 0.717) is 12.3 Å². The fourth-order valence-electron chi connectivity index (χ4n) is 1.08. The van der Waals surface area contributed by atoms with Crippen molar-refractivity contribution in [2.45, 2.75) is 46.6 Å². The van der Waals surface area contributed by atoms with Crippen LogP contribution >= 0.6 is 0 Å². The van der Waals surface area contributed by atoms with Crippen LogP contribution in [0.25, 0.3) is 0 Å². The third-order valence-electron chi connectivity index (χ3n) is 2.13. The Labute approximate surface area is 91.8 Å². The maximum absolute atomic E-state index is 11.3. The highest BCUT2D eigenvalue weighted by Crippen LogP contribution is 2.04. The van der Waals surface area contributed by atoms with Crippen molar-refractivity contribution >= 4 is 11.8 Å². The smallest absolute Gasteiger partial charge is 0.239 e. The van der Waals surface area contributed by atoms with E-state index in [2.05, 4.69) is 10.6 Å². The molecule has 0 saturated carbocycles. The molecule has 4 heteroatoms. The molecule has 1 unspecified atom stereocenters. The molecular formula is C11H22N2O2. The average Bonchev–Trinajstić information content (AvgIpc) is 2.13. The number of carbonyl (C=O) groups excluding carboxylic acids is 2. The normalized spacial score (nSPS) is 12.3. The fraction of sp³-hybridized carbons (Fsp3) is 0.818. The van der Waals surface area contributed by atoms with E-state index in [1.165, 1.54) is 0 Å². The molecule has 0 aromatic heterocycles. The minimum atomic E-state index is -0.137. The van der Waals surface area contributed by atoms with Crippen LogP contribution in [0.15, 0.2) is 0 Å². The Hall–Kier alpha value is -1.06. The van der Waals surface area contributed by atoms with Crippen LogP contribution < -0.4 is 10.6 Å². The largest absolute Gasteiger partial charge is 0.352 e. The van der Waals surface area contributed by atoms with Gasteiger partial charge in [-0.15, -0.1) is 0 Å². The lowest BCUT2D eigenvalue weighted by atomic mass is 10.1. The lowest BCUT2D eigenvalue weighted by Crippen LogP contribution is -2.40. The van der Waals surface area contributed by atoms with Crippen LogP contribution in [0.2, 0.25) is 0 Å². The van der Waals surface area contributed by atoms with Gasteiger partial charge in [-0.1, -0.05) is 20.3 Å². The molecule has 15 heavy (non-hydrogen) atoms. The first kappa shape index (κ1) is 13.9. The van der Waals surface area contributed by atoms with Crippen molar-refractivity contribution < 1.29 is 9.59 Å². The Morgan fingerprint density at radius 2 is 1.73 bits per heavy atom.